The van der Waals surface area contributed by atoms with Gasteiger partial charge < -0.3 is 0 Å². The van der Waals surface area contributed by atoms with Crippen LogP contribution >= 0.6 is 0 Å². The topological polar surface area (TPSA) is 4.36 Å². The fraction of sp³-hybridized carbons (Fsp3) is 0.250. The summed E-state index contributed by atoms with van der Waals surface area (Å²) in [5.41, 5.74) is 0. The van der Waals surface area contributed by atoms with E-state index in [1.165, 1.54) is 0 Å². The van der Waals surface area contributed by atoms with E-state index < -0.39 is 0 Å². The molecule has 1 nitrogen and oxygen atoms in total. The maximum atomic E-state index is 3.61. The maximum absolute atomic E-state index is 3.61. The molecule has 0 radical (unpaired) electrons. The summed E-state index contributed by atoms with van der Waals surface area (Å²) >= 11 is 0. The average Bonchev–Trinajstić information content (AvgIpc) is 1.76. The van der Waals surface area contributed by atoms with Crippen molar-refractivity contribution in [3.8, 4) is 17.9 Å². The Hall–Kier alpha value is -0.950. The lowest BCUT2D eigenvalue weighted by atomic mass is 10.7. The van der Waals surface area contributed by atoms with Crippen LogP contribution < -0.4 is 0 Å². The lowest BCUT2D eigenvalue weighted by molar-refractivity contribution is 1.66. The third kappa shape index (κ3) is 0.205. The predicted octanol–water partition coefficient (Wildman–Crippen LogP) is 0.336. The first-order chi connectivity index (χ1) is 2.50. The van der Waals surface area contributed by atoms with Crippen molar-refractivity contribution in [2.45, 2.75) is 0 Å². The van der Waals surface area contributed by atoms with Crippen LogP contribution in [-0.2, 0) is 0 Å². The number of nitrogens with zero attached hydrogens (tertiary/aromatic N) is 1. The lowest BCUT2D eigenvalue weighted by Crippen LogP contribution is -1.52. The Morgan fingerprint density at radius 1 is 1.60 bits per heavy atom. The molecule has 0 N–H and O–H groups in total. The Morgan fingerprint density at radius 2 is 2.60 bits per heavy atom. The van der Waals surface area contributed by atoms with E-state index in [9.17, 15) is 0 Å². The molecule has 0 aliphatic carbocycles. The van der Waals surface area contributed by atoms with Crippen molar-refractivity contribution in [1.29, 1.82) is 0 Å². The van der Waals surface area contributed by atoms with Crippen LogP contribution in [0, 0.1) is 17.9 Å². The zero-order valence-electron chi connectivity index (χ0n) is 2.65. The van der Waals surface area contributed by atoms with Gasteiger partial charge in [-0.15, -0.1) is 0 Å². The average molecular weight is 64.1 g/mol. The summed E-state index contributed by atoms with van der Waals surface area (Å²) in [6, 6.07) is 2.49. The monoisotopic (exact) mass is 64.0 g/mol. The van der Waals surface area contributed by atoms with E-state index in [4.69, 9.17) is 0 Å². The van der Waals surface area contributed by atoms with Gasteiger partial charge in [-0.2, -0.15) is 0 Å². The molecule has 0 fully saturated rings. The molecule has 0 atom stereocenters. The predicted molar refractivity (Wildman–Crippen MR) is 19.9 cm³/mol. The van der Waals surface area contributed by atoms with Crippen molar-refractivity contribution >= 4 is 0 Å². The first-order valence-electron chi connectivity index (χ1n) is 1.39. The molecule has 5 heavy (non-hydrogen) atoms. The minimum atomic E-state index is 0.653. The molecule has 0 unspecified atom stereocenters. The van der Waals surface area contributed by atoms with Crippen LogP contribution in [0.25, 0.3) is 4.85 Å². The number of hydrogen-bond donors (Lipinski definition) is 0. The van der Waals surface area contributed by atoms with Crippen LogP contribution in [0.1, 0.15) is 0 Å². The Labute approximate surface area is 30.4 Å². The molecule has 0 bridgehead atoms. The van der Waals surface area contributed by atoms with Crippen LogP contribution in [0.15, 0.2) is 0 Å². The quantitative estimate of drug-likeness (QED) is 0.358. The van der Waals surface area contributed by atoms with E-state index in [1.54, 1.807) is 0 Å². The van der Waals surface area contributed by atoms with Gasteiger partial charge in [0.2, 0.25) is 0 Å². The molecule has 22 valence electrons. The minimum Gasteiger partial charge on any atom is -0.0546 e. The zero-order valence-corrected chi connectivity index (χ0v) is 2.65. The first kappa shape index (κ1) is 2.30. The second kappa shape index (κ2) is 0.781. The van der Waals surface area contributed by atoms with Gasteiger partial charge in [0, 0.05) is 5.92 Å². The van der Waals surface area contributed by atoms with Gasteiger partial charge in [-0.05, 0) is 0 Å². The highest BCUT2D eigenvalue weighted by Crippen LogP contribution is 1.70. The number of hydrogen-bond acceptors (Lipinski definition) is 0. The smallest absolute Gasteiger partial charge is 0.0546 e. The molecule has 1 aliphatic heterocycles. The molecular weight excluding hydrogens is 62.1 g/mol. The van der Waals surface area contributed by atoms with E-state index in [1.807, 2.05) is 0 Å². The molecule has 0 saturated heterocycles. The highest BCUT2D eigenvalue weighted by molar-refractivity contribution is 5.29. The molecule has 0 aromatic heterocycles. The van der Waals surface area contributed by atoms with Crippen molar-refractivity contribution in [3.05, 3.63) is 4.85 Å². The third-order valence-electron chi connectivity index (χ3n) is 0.381. The molecule has 1 aliphatic rings. The summed E-state index contributed by atoms with van der Waals surface area (Å²) in [7, 11) is 0. The normalized spacial score (nSPS) is 11.2. The van der Waals surface area contributed by atoms with Gasteiger partial charge in [0.15, 0.2) is 0 Å². The zero-order chi connectivity index (χ0) is 3.54. The van der Waals surface area contributed by atoms with Crippen LogP contribution in [0.3, 0.4) is 0 Å². The van der Waals surface area contributed by atoms with E-state index in [-0.39, 0.29) is 0 Å². The van der Waals surface area contributed by atoms with Crippen molar-refractivity contribution in [2.24, 2.45) is 0 Å². The molecule has 0 spiro atoms. The van der Waals surface area contributed by atoms with Crippen LogP contribution in [0.4, 0.5) is 0 Å². The van der Waals surface area contributed by atoms with Gasteiger partial charge in [-0.3, -0.25) is 0 Å². The van der Waals surface area contributed by atoms with Crippen molar-refractivity contribution in [3.63, 3.8) is 0 Å². The summed E-state index contributed by atoms with van der Waals surface area (Å²) in [6.45, 7) is 0.653. The van der Waals surface area contributed by atoms with Crippen molar-refractivity contribution < 1.29 is 0 Å². The Kier molecular flexibility index (Phi) is 0.359. The molecule has 1 heterocycles. The largest absolute Gasteiger partial charge is 0.367 e. The summed E-state index contributed by atoms with van der Waals surface area (Å²) in [5, 5.41) is 0. The minimum absolute atomic E-state index is 0.653. The third-order valence-corrected chi connectivity index (χ3v) is 0.381. The highest BCUT2D eigenvalue weighted by Gasteiger charge is 1.84. The molecule has 0 amide bonds. The summed E-state index contributed by atoms with van der Waals surface area (Å²) in [5.74, 6) is 5.25. The van der Waals surface area contributed by atoms with Crippen LogP contribution in [0.5, 0.6) is 0 Å². The summed E-state index contributed by atoms with van der Waals surface area (Å²) in [4.78, 5) is 3.61. The Bertz CT molecular complexity index is 119. The standard InChI is InChI=1S/C4H2N/c1-2-4-5-3-1/h3H2/q+1. The van der Waals surface area contributed by atoms with Crippen LogP contribution in [-0.4, -0.2) is 6.54 Å². The lowest BCUT2D eigenvalue weighted by Gasteiger charge is -1.35. The SMILES string of the molecule is C1#CC[N+]#C1. The fourth-order valence-corrected chi connectivity index (χ4v) is 0.198. The summed E-state index contributed by atoms with van der Waals surface area (Å²) in [6.07, 6.45) is 0. The molecule has 0 aromatic rings. The molecular formula is C4H2N+. The highest BCUT2D eigenvalue weighted by atomic mass is 14.6. The van der Waals surface area contributed by atoms with E-state index in [0.717, 1.165) is 0 Å². The van der Waals surface area contributed by atoms with Gasteiger partial charge >= 0.3 is 12.6 Å². The molecule has 1 heteroatoms. The Morgan fingerprint density at radius 3 is 2.80 bits per heavy atom. The van der Waals surface area contributed by atoms with Gasteiger partial charge in [0.25, 0.3) is 0 Å². The molecule has 1 rings (SSSR count). The fourth-order valence-electron chi connectivity index (χ4n) is 0.198. The Balaban J connectivity index is 2.94. The van der Waals surface area contributed by atoms with E-state index in [2.05, 4.69) is 22.8 Å². The van der Waals surface area contributed by atoms with Gasteiger partial charge in [0.1, 0.15) is 0 Å². The molecule has 0 saturated carbocycles. The van der Waals surface area contributed by atoms with Gasteiger partial charge in [-0.1, -0.05) is 4.85 Å². The first-order valence-corrected chi connectivity index (χ1v) is 1.39. The summed E-state index contributed by atoms with van der Waals surface area (Å²) < 4.78 is 0. The van der Waals surface area contributed by atoms with Crippen molar-refractivity contribution in [1.82, 2.24) is 0 Å². The second-order valence-electron chi connectivity index (χ2n) is 0.730. The maximum Gasteiger partial charge on any atom is 0.367 e. The van der Waals surface area contributed by atoms with Gasteiger partial charge in [0.05, 0.1) is 5.92 Å². The second-order valence-corrected chi connectivity index (χ2v) is 0.730. The molecule has 0 aromatic carbocycles. The number of rotatable bonds is 0. The van der Waals surface area contributed by atoms with Crippen molar-refractivity contribution in [2.75, 3.05) is 6.54 Å². The van der Waals surface area contributed by atoms with Crippen LogP contribution in [0.2, 0.25) is 0 Å². The van der Waals surface area contributed by atoms with E-state index in [0.29, 0.717) is 6.54 Å². The van der Waals surface area contributed by atoms with Gasteiger partial charge in [-0.25, -0.2) is 0 Å². The van der Waals surface area contributed by atoms with E-state index >= 15 is 0 Å².